The third kappa shape index (κ3) is 4.12. The number of furan rings is 1. The molecule has 1 aromatic heterocycles. The smallest absolute Gasteiger partial charge is 0.300 e. The fourth-order valence-corrected chi connectivity index (χ4v) is 4.95. The number of ketones is 1. The number of hydrogen-bond acceptors (Lipinski definition) is 6. The molecule has 1 unspecified atom stereocenters. The summed E-state index contributed by atoms with van der Waals surface area (Å²) < 4.78 is 25.2. The Hall–Kier alpha value is -4.07. The highest BCUT2D eigenvalue weighted by atomic mass is 19.1. The van der Waals surface area contributed by atoms with Crippen molar-refractivity contribution in [3.8, 4) is 5.75 Å². The normalized spacial score (nSPS) is 19.7. The number of methoxy groups -OCH3 is 1. The Labute approximate surface area is 208 Å². The van der Waals surface area contributed by atoms with Gasteiger partial charge in [0.25, 0.3) is 11.7 Å². The van der Waals surface area contributed by atoms with Gasteiger partial charge in [-0.1, -0.05) is 0 Å². The van der Waals surface area contributed by atoms with Crippen LogP contribution >= 0.6 is 0 Å². The fraction of sp³-hybridized carbons (Fsp3) is 0.286. The molecule has 0 radical (unpaired) electrons. The number of carbonyl (C=O) groups is 2. The van der Waals surface area contributed by atoms with Crippen molar-refractivity contribution >= 4 is 28.8 Å². The molecule has 0 saturated carbocycles. The third-order valence-corrected chi connectivity index (χ3v) is 6.74. The number of carbonyl (C=O) groups excluding carboxylic acids is 2. The SMILES string of the molecule is COc1ccc(F)cc1/C(O)=C1\C(=O)C(=O)N(c2ccc(N3CCCCC3)cc2)C1c1ccc(C)o1. The van der Waals surface area contributed by atoms with Crippen molar-refractivity contribution < 1.29 is 28.2 Å². The van der Waals surface area contributed by atoms with Gasteiger partial charge in [-0.05, 0) is 80.8 Å². The van der Waals surface area contributed by atoms with Crippen molar-refractivity contribution in [1.29, 1.82) is 0 Å². The molecule has 7 nitrogen and oxygen atoms in total. The van der Waals surface area contributed by atoms with E-state index >= 15 is 0 Å². The van der Waals surface area contributed by atoms with Crippen LogP contribution in [0.25, 0.3) is 5.76 Å². The molecule has 3 aromatic rings. The van der Waals surface area contributed by atoms with Crippen LogP contribution in [0.1, 0.15) is 42.4 Å². The van der Waals surface area contributed by atoms with Crippen LogP contribution in [0.4, 0.5) is 15.8 Å². The molecule has 0 aliphatic carbocycles. The summed E-state index contributed by atoms with van der Waals surface area (Å²) in [5.41, 5.74) is 1.31. The zero-order valence-corrected chi connectivity index (χ0v) is 20.2. The summed E-state index contributed by atoms with van der Waals surface area (Å²) >= 11 is 0. The topological polar surface area (TPSA) is 83.2 Å². The molecule has 8 heteroatoms. The van der Waals surface area contributed by atoms with Gasteiger partial charge in [0.1, 0.15) is 34.9 Å². The van der Waals surface area contributed by atoms with Gasteiger partial charge in [-0.3, -0.25) is 14.5 Å². The molecule has 5 rings (SSSR count). The maximum absolute atomic E-state index is 14.1. The number of benzene rings is 2. The first-order chi connectivity index (χ1) is 17.4. The van der Waals surface area contributed by atoms with Crippen LogP contribution in [-0.2, 0) is 9.59 Å². The van der Waals surface area contributed by atoms with Gasteiger partial charge in [0.15, 0.2) is 0 Å². The van der Waals surface area contributed by atoms with Gasteiger partial charge < -0.3 is 19.2 Å². The lowest BCUT2D eigenvalue weighted by Crippen LogP contribution is -2.30. The number of piperidine rings is 1. The molecule has 2 aliphatic heterocycles. The van der Waals surface area contributed by atoms with E-state index in [1.54, 1.807) is 31.2 Å². The van der Waals surface area contributed by atoms with E-state index in [-0.39, 0.29) is 16.9 Å². The summed E-state index contributed by atoms with van der Waals surface area (Å²) in [5.74, 6) is -1.79. The summed E-state index contributed by atoms with van der Waals surface area (Å²) in [6, 6.07) is 13.4. The Bertz CT molecular complexity index is 1340. The first-order valence-corrected chi connectivity index (χ1v) is 12.0. The van der Waals surface area contributed by atoms with Crippen LogP contribution in [0.5, 0.6) is 5.75 Å². The lowest BCUT2D eigenvalue weighted by molar-refractivity contribution is -0.132. The fourth-order valence-electron chi connectivity index (χ4n) is 4.95. The minimum Gasteiger partial charge on any atom is -0.507 e. The van der Waals surface area contributed by atoms with E-state index in [1.165, 1.54) is 30.6 Å². The van der Waals surface area contributed by atoms with E-state index in [0.29, 0.717) is 17.2 Å². The number of rotatable bonds is 5. The zero-order chi connectivity index (χ0) is 25.4. The maximum atomic E-state index is 14.1. The van der Waals surface area contributed by atoms with E-state index in [1.807, 2.05) is 12.1 Å². The lowest BCUT2D eigenvalue weighted by Gasteiger charge is -2.29. The Morgan fingerprint density at radius 2 is 1.69 bits per heavy atom. The molecule has 1 amide bonds. The lowest BCUT2D eigenvalue weighted by atomic mass is 9.98. The Balaban J connectivity index is 1.62. The number of aliphatic hydroxyl groups is 1. The number of amides is 1. The van der Waals surface area contributed by atoms with Gasteiger partial charge in [-0.25, -0.2) is 4.39 Å². The monoisotopic (exact) mass is 490 g/mol. The molecular weight excluding hydrogens is 463 g/mol. The summed E-state index contributed by atoms with van der Waals surface area (Å²) in [4.78, 5) is 30.2. The van der Waals surface area contributed by atoms with E-state index in [0.717, 1.165) is 37.7 Å². The van der Waals surface area contributed by atoms with Crippen LogP contribution in [0.2, 0.25) is 0 Å². The van der Waals surface area contributed by atoms with Gasteiger partial charge in [0, 0.05) is 24.5 Å². The summed E-state index contributed by atoms with van der Waals surface area (Å²) in [5, 5.41) is 11.2. The number of hydrogen-bond donors (Lipinski definition) is 1. The second-order valence-corrected chi connectivity index (χ2v) is 9.03. The molecule has 186 valence electrons. The molecule has 3 heterocycles. The molecule has 0 bridgehead atoms. The standard InChI is InChI=1S/C28H27FN2O5/c1-17-6-12-23(36-17)25-24(26(32)21-16-18(29)7-13-22(21)35-2)27(33)28(34)31(25)20-10-8-19(9-11-20)30-14-4-3-5-15-30/h6-13,16,25,32H,3-5,14-15H2,1-2H3/b26-24+. The predicted molar refractivity (Wildman–Crippen MR) is 134 cm³/mol. The van der Waals surface area contributed by atoms with Crippen LogP contribution < -0.4 is 14.5 Å². The van der Waals surface area contributed by atoms with E-state index in [2.05, 4.69) is 4.90 Å². The number of ether oxygens (including phenoxy) is 1. The van der Waals surface area contributed by atoms with Gasteiger partial charge in [-0.2, -0.15) is 0 Å². The molecule has 1 N–H and O–H groups in total. The number of aryl methyl sites for hydroxylation is 1. The van der Waals surface area contributed by atoms with Gasteiger partial charge >= 0.3 is 0 Å². The second-order valence-electron chi connectivity index (χ2n) is 9.03. The van der Waals surface area contributed by atoms with Crippen molar-refractivity contribution in [2.45, 2.75) is 32.2 Å². The number of aliphatic hydroxyl groups excluding tert-OH is 1. The molecule has 0 spiro atoms. The molecule has 2 saturated heterocycles. The summed E-state index contributed by atoms with van der Waals surface area (Å²) in [7, 11) is 1.37. The van der Waals surface area contributed by atoms with Crippen molar-refractivity contribution in [2.75, 3.05) is 30.0 Å². The van der Waals surface area contributed by atoms with Crippen LogP contribution in [0.15, 0.2) is 64.6 Å². The van der Waals surface area contributed by atoms with Crippen LogP contribution in [0, 0.1) is 12.7 Å². The highest BCUT2D eigenvalue weighted by Gasteiger charge is 2.48. The largest absolute Gasteiger partial charge is 0.507 e. The number of anilines is 2. The first-order valence-electron chi connectivity index (χ1n) is 12.0. The molecule has 2 fully saturated rings. The maximum Gasteiger partial charge on any atom is 0.300 e. The minimum absolute atomic E-state index is 0.0239. The third-order valence-electron chi connectivity index (χ3n) is 6.74. The molecule has 1 atom stereocenters. The van der Waals surface area contributed by atoms with Crippen molar-refractivity contribution in [3.05, 3.63) is 83.1 Å². The molecule has 2 aliphatic rings. The number of Topliss-reactive ketones (excluding diaryl/α,β-unsaturated/α-hetero) is 1. The first kappa shape index (κ1) is 23.7. The highest BCUT2D eigenvalue weighted by Crippen LogP contribution is 2.44. The van der Waals surface area contributed by atoms with E-state index in [9.17, 15) is 19.1 Å². The molecular formula is C28H27FN2O5. The summed E-state index contributed by atoms with van der Waals surface area (Å²) in [6.07, 6.45) is 3.49. The van der Waals surface area contributed by atoms with Crippen molar-refractivity contribution in [3.63, 3.8) is 0 Å². The Morgan fingerprint density at radius 3 is 2.33 bits per heavy atom. The highest BCUT2D eigenvalue weighted by molar-refractivity contribution is 6.51. The number of nitrogens with zero attached hydrogens (tertiary/aromatic N) is 2. The Kier molecular flexibility index (Phi) is 6.26. The second kappa shape index (κ2) is 9.53. The quantitative estimate of drug-likeness (QED) is 0.295. The van der Waals surface area contributed by atoms with Crippen molar-refractivity contribution in [2.24, 2.45) is 0 Å². The zero-order valence-electron chi connectivity index (χ0n) is 20.2. The van der Waals surface area contributed by atoms with E-state index < -0.39 is 29.3 Å². The number of halogens is 1. The van der Waals surface area contributed by atoms with Crippen LogP contribution in [0.3, 0.4) is 0 Å². The summed E-state index contributed by atoms with van der Waals surface area (Å²) in [6.45, 7) is 3.70. The van der Waals surface area contributed by atoms with Crippen molar-refractivity contribution in [1.82, 2.24) is 0 Å². The minimum atomic E-state index is -1.03. The van der Waals surface area contributed by atoms with Gasteiger partial charge in [0.05, 0.1) is 18.2 Å². The van der Waals surface area contributed by atoms with Gasteiger partial charge in [0.2, 0.25) is 0 Å². The molecule has 2 aromatic carbocycles. The van der Waals surface area contributed by atoms with Gasteiger partial charge in [-0.15, -0.1) is 0 Å². The average Bonchev–Trinajstić information content (AvgIpc) is 3.44. The Morgan fingerprint density at radius 1 is 1.00 bits per heavy atom. The van der Waals surface area contributed by atoms with E-state index in [4.69, 9.17) is 9.15 Å². The average molecular weight is 491 g/mol. The van der Waals surface area contributed by atoms with Crippen LogP contribution in [-0.4, -0.2) is 37.0 Å². The predicted octanol–water partition coefficient (Wildman–Crippen LogP) is 5.35. The molecule has 36 heavy (non-hydrogen) atoms.